The van der Waals surface area contributed by atoms with Gasteiger partial charge in [-0.05, 0) is 43.3 Å². The van der Waals surface area contributed by atoms with Crippen molar-refractivity contribution in [2.45, 2.75) is 13.5 Å². The molecule has 0 bridgehead atoms. The molecule has 0 amide bonds. The molecule has 2 aromatic carbocycles. The Labute approximate surface area is 139 Å². The fourth-order valence-corrected chi connectivity index (χ4v) is 2.66. The zero-order chi connectivity index (χ0) is 16.4. The number of ether oxygens (including phenoxy) is 1. The first kappa shape index (κ1) is 14.4. The third-order valence-corrected chi connectivity index (χ3v) is 3.82. The predicted molar refractivity (Wildman–Crippen MR) is 92.9 cm³/mol. The van der Waals surface area contributed by atoms with Gasteiger partial charge < -0.3 is 4.74 Å². The van der Waals surface area contributed by atoms with E-state index in [2.05, 4.69) is 22.0 Å². The van der Waals surface area contributed by atoms with Crippen LogP contribution in [0.5, 0.6) is 11.5 Å². The molecule has 118 valence electrons. The molecule has 24 heavy (non-hydrogen) atoms. The quantitative estimate of drug-likeness (QED) is 0.563. The molecule has 2 aromatic heterocycles. The predicted octanol–water partition coefficient (Wildman–Crippen LogP) is 4.31. The first-order valence-electron chi connectivity index (χ1n) is 7.85. The van der Waals surface area contributed by atoms with E-state index in [1.807, 2.05) is 65.5 Å². The van der Waals surface area contributed by atoms with Gasteiger partial charge >= 0.3 is 0 Å². The minimum Gasteiger partial charge on any atom is -0.457 e. The molecule has 0 aliphatic heterocycles. The summed E-state index contributed by atoms with van der Waals surface area (Å²) in [7, 11) is 0. The Kier molecular flexibility index (Phi) is 3.67. The number of rotatable bonds is 4. The van der Waals surface area contributed by atoms with Crippen LogP contribution in [0.1, 0.15) is 6.92 Å². The summed E-state index contributed by atoms with van der Waals surface area (Å²) in [4.78, 5) is 8.47. The summed E-state index contributed by atoms with van der Waals surface area (Å²) in [6.45, 7) is 2.82. The monoisotopic (exact) mass is 316 g/mol. The lowest BCUT2D eigenvalue weighted by molar-refractivity contribution is 0.483. The SMILES string of the molecule is CCn1nc(-c2ccc(Oc3ccccc3)cc2)c2cncnc21. The second kappa shape index (κ2) is 6.12. The number of nitrogens with zero attached hydrogens (tertiary/aromatic N) is 4. The highest BCUT2D eigenvalue weighted by Gasteiger charge is 2.12. The van der Waals surface area contributed by atoms with Crippen molar-refractivity contribution in [3.63, 3.8) is 0 Å². The standard InChI is InChI=1S/C19H16N4O/c1-2-23-19-17(12-20-13-21-19)18(22-23)14-8-10-16(11-9-14)24-15-6-4-3-5-7-15/h3-13H,2H2,1H3. The summed E-state index contributed by atoms with van der Waals surface area (Å²) < 4.78 is 7.72. The van der Waals surface area contributed by atoms with Crippen LogP contribution in [0.2, 0.25) is 0 Å². The molecule has 5 nitrogen and oxygen atoms in total. The maximum atomic E-state index is 5.83. The van der Waals surface area contributed by atoms with Crippen molar-refractivity contribution in [3.05, 3.63) is 67.1 Å². The van der Waals surface area contributed by atoms with Crippen LogP contribution in [-0.4, -0.2) is 19.7 Å². The molecule has 0 atom stereocenters. The average Bonchev–Trinajstić information content (AvgIpc) is 3.02. The molecular weight excluding hydrogens is 300 g/mol. The van der Waals surface area contributed by atoms with Crippen LogP contribution in [0, 0.1) is 0 Å². The van der Waals surface area contributed by atoms with Gasteiger partial charge in [-0.3, -0.25) is 0 Å². The van der Waals surface area contributed by atoms with E-state index < -0.39 is 0 Å². The van der Waals surface area contributed by atoms with E-state index in [0.717, 1.165) is 40.3 Å². The number of aryl methyl sites for hydroxylation is 1. The fraction of sp³-hybridized carbons (Fsp3) is 0.105. The highest BCUT2D eigenvalue weighted by atomic mass is 16.5. The molecule has 2 heterocycles. The van der Waals surface area contributed by atoms with Crippen LogP contribution < -0.4 is 4.74 Å². The molecule has 4 rings (SSSR count). The maximum Gasteiger partial charge on any atom is 0.161 e. The molecule has 0 saturated heterocycles. The lowest BCUT2D eigenvalue weighted by atomic mass is 10.1. The Balaban J connectivity index is 1.68. The number of para-hydroxylation sites is 1. The molecule has 0 unspecified atom stereocenters. The zero-order valence-electron chi connectivity index (χ0n) is 13.3. The van der Waals surface area contributed by atoms with E-state index in [4.69, 9.17) is 4.74 Å². The second-order valence-electron chi connectivity index (χ2n) is 5.36. The lowest BCUT2D eigenvalue weighted by Gasteiger charge is -2.06. The Hall–Kier alpha value is -3.21. The van der Waals surface area contributed by atoms with Crippen molar-refractivity contribution in [1.29, 1.82) is 0 Å². The van der Waals surface area contributed by atoms with Crippen LogP contribution in [0.15, 0.2) is 67.1 Å². The van der Waals surface area contributed by atoms with Gasteiger partial charge in [0.25, 0.3) is 0 Å². The maximum absolute atomic E-state index is 5.83. The van der Waals surface area contributed by atoms with Crippen LogP contribution in [-0.2, 0) is 6.54 Å². The minimum absolute atomic E-state index is 0.767. The molecular formula is C19H16N4O. The van der Waals surface area contributed by atoms with E-state index in [-0.39, 0.29) is 0 Å². The number of fused-ring (bicyclic) bond motifs is 1. The average molecular weight is 316 g/mol. The largest absolute Gasteiger partial charge is 0.457 e. The molecule has 4 aromatic rings. The molecule has 0 aliphatic rings. The Morgan fingerprint density at radius 3 is 2.46 bits per heavy atom. The van der Waals surface area contributed by atoms with Gasteiger partial charge in [0.2, 0.25) is 0 Å². The third-order valence-electron chi connectivity index (χ3n) is 3.82. The van der Waals surface area contributed by atoms with Crippen LogP contribution in [0.4, 0.5) is 0 Å². The van der Waals surface area contributed by atoms with Crippen LogP contribution in [0.3, 0.4) is 0 Å². The summed E-state index contributed by atoms with van der Waals surface area (Å²) in [6.07, 6.45) is 3.36. The van der Waals surface area contributed by atoms with Crippen molar-refractivity contribution in [2.24, 2.45) is 0 Å². The topological polar surface area (TPSA) is 52.8 Å². The normalized spacial score (nSPS) is 10.9. The summed E-state index contributed by atoms with van der Waals surface area (Å²) in [5.74, 6) is 1.61. The van der Waals surface area contributed by atoms with E-state index in [1.54, 1.807) is 6.33 Å². The first-order valence-corrected chi connectivity index (χ1v) is 7.85. The van der Waals surface area contributed by atoms with Crippen molar-refractivity contribution < 1.29 is 4.74 Å². The highest BCUT2D eigenvalue weighted by Crippen LogP contribution is 2.29. The van der Waals surface area contributed by atoms with Gasteiger partial charge in [-0.15, -0.1) is 0 Å². The molecule has 0 aliphatic carbocycles. The van der Waals surface area contributed by atoms with E-state index in [0.29, 0.717) is 0 Å². The van der Waals surface area contributed by atoms with Gasteiger partial charge in [0, 0.05) is 18.3 Å². The van der Waals surface area contributed by atoms with Gasteiger partial charge in [-0.25, -0.2) is 14.6 Å². The molecule has 0 spiro atoms. The number of benzene rings is 2. The molecule has 0 fully saturated rings. The van der Waals surface area contributed by atoms with Crippen molar-refractivity contribution in [3.8, 4) is 22.8 Å². The van der Waals surface area contributed by atoms with Crippen molar-refractivity contribution >= 4 is 11.0 Å². The lowest BCUT2D eigenvalue weighted by Crippen LogP contribution is -1.97. The Morgan fingerprint density at radius 2 is 1.71 bits per heavy atom. The highest BCUT2D eigenvalue weighted by molar-refractivity contribution is 5.90. The molecule has 0 N–H and O–H groups in total. The van der Waals surface area contributed by atoms with Crippen molar-refractivity contribution in [1.82, 2.24) is 19.7 Å². The summed E-state index contributed by atoms with van der Waals surface area (Å²) >= 11 is 0. The Morgan fingerprint density at radius 1 is 0.958 bits per heavy atom. The van der Waals surface area contributed by atoms with E-state index in [9.17, 15) is 0 Å². The second-order valence-corrected chi connectivity index (χ2v) is 5.36. The van der Waals surface area contributed by atoms with E-state index in [1.165, 1.54) is 0 Å². The van der Waals surface area contributed by atoms with Gasteiger partial charge in [0.1, 0.15) is 23.5 Å². The van der Waals surface area contributed by atoms with Gasteiger partial charge in [-0.2, -0.15) is 5.10 Å². The third kappa shape index (κ3) is 2.60. The smallest absolute Gasteiger partial charge is 0.161 e. The minimum atomic E-state index is 0.767. The molecule has 0 radical (unpaired) electrons. The fourth-order valence-electron chi connectivity index (χ4n) is 2.66. The van der Waals surface area contributed by atoms with Gasteiger partial charge in [0.05, 0.1) is 5.39 Å². The van der Waals surface area contributed by atoms with Crippen LogP contribution in [0.25, 0.3) is 22.3 Å². The van der Waals surface area contributed by atoms with Gasteiger partial charge in [-0.1, -0.05) is 18.2 Å². The first-order chi connectivity index (χ1) is 11.8. The number of hydrogen-bond donors (Lipinski definition) is 0. The van der Waals surface area contributed by atoms with Crippen molar-refractivity contribution in [2.75, 3.05) is 0 Å². The summed E-state index contributed by atoms with van der Waals surface area (Å²) in [5.41, 5.74) is 2.76. The number of hydrogen-bond acceptors (Lipinski definition) is 4. The number of aromatic nitrogens is 4. The van der Waals surface area contributed by atoms with Gasteiger partial charge in [0.15, 0.2) is 5.65 Å². The zero-order valence-corrected chi connectivity index (χ0v) is 13.3. The molecule has 5 heteroatoms. The summed E-state index contributed by atoms with van der Waals surface area (Å²) in [6, 6.07) is 17.6. The van der Waals surface area contributed by atoms with Crippen LogP contribution >= 0.6 is 0 Å². The Bertz CT molecular complexity index is 962. The van der Waals surface area contributed by atoms with E-state index >= 15 is 0 Å². The molecule has 0 saturated carbocycles. The summed E-state index contributed by atoms with van der Waals surface area (Å²) in [5, 5.41) is 5.62.